The Kier molecular flexibility index (Phi) is 2.94. The lowest BCUT2D eigenvalue weighted by Gasteiger charge is -2.22. The van der Waals surface area contributed by atoms with Crippen LogP contribution in [0.15, 0.2) is 12.3 Å². The third kappa shape index (κ3) is 2.54. The third-order valence-corrected chi connectivity index (χ3v) is 2.32. The molecule has 2 rings (SSSR count). The van der Waals surface area contributed by atoms with Crippen molar-refractivity contribution >= 4 is 0 Å². The number of rotatable bonds is 3. The minimum Gasteiger partial charge on any atom is -0.372 e. The Hall–Kier alpha value is -0.870. The lowest BCUT2D eigenvalue weighted by atomic mass is 10.1. The molecule has 0 spiro atoms. The SMILES string of the molecule is c1cc(COC2CCNCC2)[nH]n1. The molecule has 0 saturated carbocycles. The summed E-state index contributed by atoms with van der Waals surface area (Å²) in [5.41, 5.74) is 1.05. The molecule has 0 unspecified atom stereocenters. The first-order valence-corrected chi connectivity index (χ1v) is 4.76. The van der Waals surface area contributed by atoms with Gasteiger partial charge in [-0.05, 0) is 32.0 Å². The number of hydrogen-bond donors (Lipinski definition) is 2. The van der Waals surface area contributed by atoms with Gasteiger partial charge in [0.25, 0.3) is 0 Å². The summed E-state index contributed by atoms with van der Waals surface area (Å²) in [6.45, 7) is 2.81. The second kappa shape index (κ2) is 4.39. The van der Waals surface area contributed by atoms with Crippen molar-refractivity contribution in [2.75, 3.05) is 13.1 Å². The second-order valence-corrected chi connectivity index (χ2v) is 3.34. The van der Waals surface area contributed by atoms with E-state index in [-0.39, 0.29) is 0 Å². The molecule has 1 aliphatic rings. The van der Waals surface area contributed by atoms with E-state index in [2.05, 4.69) is 15.5 Å². The minimum atomic E-state index is 0.421. The molecule has 0 amide bonds. The van der Waals surface area contributed by atoms with Crippen molar-refractivity contribution in [3.63, 3.8) is 0 Å². The van der Waals surface area contributed by atoms with Gasteiger partial charge < -0.3 is 10.1 Å². The van der Waals surface area contributed by atoms with Crippen LogP contribution >= 0.6 is 0 Å². The molecular weight excluding hydrogens is 166 g/mol. The fraction of sp³-hybridized carbons (Fsp3) is 0.667. The maximum Gasteiger partial charge on any atom is 0.0885 e. The molecule has 4 nitrogen and oxygen atoms in total. The standard InChI is InChI=1S/C9H15N3O/c1-6-11-12-8(1)7-13-9-2-4-10-5-3-9/h1,6,9-10H,2-5,7H2,(H,11,12). The Morgan fingerprint density at radius 2 is 2.31 bits per heavy atom. The average Bonchev–Trinajstić information content (AvgIpc) is 2.69. The molecule has 0 aliphatic carbocycles. The molecule has 1 saturated heterocycles. The molecule has 2 N–H and O–H groups in total. The van der Waals surface area contributed by atoms with Crippen molar-refractivity contribution in [3.05, 3.63) is 18.0 Å². The van der Waals surface area contributed by atoms with E-state index in [4.69, 9.17) is 4.74 Å². The third-order valence-electron chi connectivity index (χ3n) is 2.32. The fourth-order valence-electron chi connectivity index (χ4n) is 1.53. The van der Waals surface area contributed by atoms with Gasteiger partial charge in [0.05, 0.1) is 18.4 Å². The van der Waals surface area contributed by atoms with E-state index in [0.717, 1.165) is 31.6 Å². The molecule has 72 valence electrons. The van der Waals surface area contributed by atoms with E-state index in [9.17, 15) is 0 Å². The number of nitrogens with zero attached hydrogens (tertiary/aromatic N) is 1. The maximum atomic E-state index is 5.72. The van der Waals surface area contributed by atoms with Gasteiger partial charge in [0, 0.05) is 6.20 Å². The zero-order valence-electron chi connectivity index (χ0n) is 7.62. The van der Waals surface area contributed by atoms with Gasteiger partial charge in [-0.1, -0.05) is 0 Å². The number of aromatic amines is 1. The summed E-state index contributed by atoms with van der Waals surface area (Å²) in [6, 6.07) is 1.95. The Labute approximate surface area is 77.7 Å². The fourth-order valence-corrected chi connectivity index (χ4v) is 1.53. The summed E-state index contributed by atoms with van der Waals surface area (Å²) in [5, 5.41) is 10.1. The second-order valence-electron chi connectivity index (χ2n) is 3.34. The summed E-state index contributed by atoms with van der Waals surface area (Å²) in [5.74, 6) is 0. The molecular formula is C9H15N3O. The van der Waals surface area contributed by atoms with E-state index in [1.165, 1.54) is 0 Å². The summed E-state index contributed by atoms with van der Waals surface area (Å²) in [7, 11) is 0. The molecule has 0 aromatic carbocycles. The van der Waals surface area contributed by atoms with Gasteiger partial charge in [-0.3, -0.25) is 5.10 Å². The number of aromatic nitrogens is 2. The summed E-state index contributed by atoms with van der Waals surface area (Å²) in [6.07, 6.45) is 4.41. The predicted molar refractivity (Wildman–Crippen MR) is 49.3 cm³/mol. The van der Waals surface area contributed by atoms with Crippen LogP contribution in [-0.2, 0) is 11.3 Å². The van der Waals surface area contributed by atoms with Crippen molar-refractivity contribution < 1.29 is 4.74 Å². The van der Waals surface area contributed by atoms with Crippen LogP contribution in [0.3, 0.4) is 0 Å². The van der Waals surface area contributed by atoms with Crippen LogP contribution in [0.1, 0.15) is 18.5 Å². The molecule has 2 heterocycles. The molecule has 0 atom stereocenters. The summed E-state index contributed by atoms with van der Waals surface area (Å²) < 4.78 is 5.72. The minimum absolute atomic E-state index is 0.421. The highest BCUT2D eigenvalue weighted by atomic mass is 16.5. The Bertz CT molecular complexity index is 229. The average molecular weight is 181 g/mol. The van der Waals surface area contributed by atoms with Crippen LogP contribution in [0, 0.1) is 0 Å². The number of ether oxygens (including phenoxy) is 1. The first-order chi connectivity index (χ1) is 6.45. The van der Waals surface area contributed by atoms with E-state index in [1.54, 1.807) is 6.20 Å². The van der Waals surface area contributed by atoms with E-state index in [0.29, 0.717) is 12.7 Å². The molecule has 1 aromatic rings. The van der Waals surface area contributed by atoms with Crippen molar-refractivity contribution in [1.29, 1.82) is 0 Å². The normalized spacial score (nSPS) is 19.1. The number of H-pyrrole nitrogens is 1. The molecule has 0 radical (unpaired) electrons. The van der Waals surface area contributed by atoms with E-state index >= 15 is 0 Å². The Morgan fingerprint density at radius 1 is 1.46 bits per heavy atom. The smallest absolute Gasteiger partial charge is 0.0885 e. The van der Waals surface area contributed by atoms with Crippen LogP contribution < -0.4 is 5.32 Å². The number of nitrogens with one attached hydrogen (secondary N) is 2. The van der Waals surface area contributed by atoms with Crippen molar-refractivity contribution in [2.45, 2.75) is 25.6 Å². The van der Waals surface area contributed by atoms with Crippen LogP contribution in [-0.4, -0.2) is 29.4 Å². The first kappa shape index (κ1) is 8.72. The highest BCUT2D eigenvalue weighted by Crippen LogP contribution is 2.09. The number of piperidine rings is 1. The zero-order chi connectivity index (χ0) is 8.93. The molecule has 1 aliphatic heterocycles. The lowest BCUT2D eigenvalue weighted by Crippen LogP contribution is -2.32. The lowest BCUT2D eigenvalue weighted by molar-refractivity contribution is 0.0196. The quantitative estimate of drug-likeness (QED) is 0.721. The van der Waals surface area contributed by atoms with Gasteiger partial charge in [-0.2, -0.15) is 5.10 Å². The molecule has 4 heteroatoms. The monoisotopic (exact) mass is 181 g/mol. The summed E-state index contributed by atoms with van der Waals surface area (Å²) >= 11 is 0. The van der Waals surface area contributed by atoms with E-state index in [1.807, 2.05) is 6.07 Å². The van der Waals surface area contributed by atoms with Gasteiger partial charge in [0.15, 0.2) is 0 Å². The predicted octanol–water partition coefficient (Wildman–Crippen LogP) is 0.678. The molecule has 0 bridgehead atoms. The van der Waals surface area contributed by atoms with Gasteiger partial charge in [-0.25, -0.2) is 0 Å². The highest BCUT2D eigenvalue weighted by molar-refractivity contribution is 4.95. The topological polar surface area (TPSA) is 49.9 Å². The van der Waals surface area contributed by atoms with Crippen LogP contribution in [0.4, 0.5) is 0 Å². The number of hydrogen-bond acceptors (Lipinski definition) is 3. The zero-order valence-corrected chi connectivity index (χ0v) is 7.62. The Morgan fingerprint density at radius 3 is 3.00 bits per heavy atom. The van der Waals surface area contributed by atoms with Gasteiger partial charge >= 0.3 is 0 Å². The first-order valence-electron chi connectivity index (χ1n) is 4.76. The highest BCUT2D eigenvalue weighted by Gasteiger charge is 2.12. The van der Waals surface area contributed by atoms with Crippen LogP contribution in [0.2, 0.25) is 0 Å². The van der Waals surface area contributed by atoms with Gasteiger partial charge in [0.1, 0.15) is 0 Å². The van der Waals surface area contributed by atoms with Crippen molar-refractivity contribution in [2.24, 2.45) is 0 Å². The van der Waals surface area contributed by atoms with E-state index < -0.39 is 0 Å². The Balaban J connectivity index is 1.72. The molecule has 13 heavy (non-hydrogen) atoms. The molecule has 1 aromatic heterocycles. The largest absolute Gasteiger partial charge is 0.372 e. The summed E-state index contributed by atoms with van der Waals surface area (Å²) in [4.78, 5) is 0. The maximum absolute atomic E-state index is 5.72. The van der Waals surface area contributed by atoms with Crippen molar-refractivity contribution in [1.82, 2.24) is 15.5 Å². The van der Waals surface area contributed by atoms with Crippen LogP contribution in [0.5, 0.6) is 0 Å². The van der Waals surface area contributed by atoms with Crippen LogP contribution in [0.25, 0.3) is 0 Å². The molecule has 1 fully saturated rings. The van der Waals surface area contributed by atoms with Gasteiger partial charge in [0.2, 0.25) is 0 Å². The van der Waals surface area contributed by atoms with Gasteiger partial charge in [-0.15, -0.1) is 0 Å². The van der Waals surface area contributed by atoms with Crippen molar-refractivity contribution in [3.8, 4) is 0 Å².